The molecule has 0 radical (unpaired) electrons. The number of hydrogen-bond donors (Lipinski definition) is 0. The summed E-state index contributed by atoms with van der Waals surface area (Å²) in [6.07, 6.45) is 8.93. The Balaban J connectivity index is 2.01. The lowest BCUT2D eigenvalue weighted by Gasteiger charge is -2.33. The maximum absolute atomic E-state index is 5.83. The van der Waals surface area contributed by atoms with E-state index in [2.05, 4.69) is 55.5 Å². The van der Waals surface area contributed by atoms with Crippen LogP contribution < -0.4 is 0 Å². The predicted molar refractivity (Wildman–Crippen MR) is 69.8 cm³/mol. The SMILES string of the molecule is CC1c2ccccc2COCC2C=CC=CC21. The van der Waals surface area contributed by atoms with Crippen molar-refractivity contribution in [2.45, 2.75) is 19.4 Å². The third-order valence-electron chi connectivity index (χ3n) is 3.99. The van der Waals surface area contributed by atoms with Crippen molar-refractivity contribution in [3.05, 3.63) is 59.7 Å². The quantitative estimate of drug-likeness (QED) is 0.655. The van der Waals surface area contributed by atoms with Crippen molar-refractivity contribution in [2.24, 2.45) is 11.8 Å². The van der Waals surface area contributed by atoms with Crippen LogP contribution in [0.25, 0.3) is 0 Å². The van der Waals surface area contributed by atoms with E-state index in [9.17, 15) is 0 Å². The summed E-state index contributed by atoms with van der Waals surface area (Å²) < 4.78 is 5.83. The average molecular weight is 226 g/mol. The van der Waals surface area contributed by atoms with E-state index in [-0.39, 0.29) is 0 Å². The van der Waals surface area contributed by atoms with Crippen LogP contribution >= 0.6 is 0 Å². The van der Waals surface area contributed by atoms with E-state index in [4.69, 9.17) is 4.74 Å². The molecule has 1 aromatic rings. The van der Waals surface area contributed by atoms with Gasteiger partial charge in [-0.25, -0.2) is 0 Å². The Bertz CT molecular complexity index is 458. The van der Waals surface area contributed by atoms with Crippen LogP contribution in [-0.4, -0.2) is 6.61 Å². The molecule has 1 aliphatic heterocycles. The standard InChI is InChI=1S/C16H18O/c1-12-15-8-4-2-6-13(15)10-17-11-14-7-3-5-9-16(12)14/h2-9,12-13,15H,10-11H2,1H3. The highest BCUT2D eigenvalue weighted by molar-refractivity contribution is 5.33. The molecule has 1 aromatic carbocycles. The molecule has 1 nitrogen and oxygen atoms in total. The van der Waals surface area contributed by atoms with Crippen LogP contribution in [0.15, 0.2) is 48.6 Å². The molecule has 0 N–H and O–H groups in total. The van der Waals surface area contributed by atoms with Gasteiger partial charge in [0.25, 0.3) is 0 Å². The van der Waals surface area contributed by atoms with Gasteiger partial charge >= 0.3 is 0 Å². The van der Waals surface area contributed by atoms with Gasteiger partial charge in [-0.3, -0.25) is 0 Å². The summed E-state index contributed by atoms with van der Waals surface area (Å²) in [5, 5.41) is 0. The van der Waals surface area contributed by atoms with E-state index in [0.29, 0.717) is 17.8 Å². The third kappa shape index (κ3) is 1.96. The summed E-state index contributed by atoms with van der Waals surface area (Å²) in [7, 11) is 0. The highest BCUT2D eigenvalue weighted by Crippen LogP contribution is 2.37. The van der Waals surface area contributed by atoms with Gasteiger partial charge in [-0.2, -0.15) is 0 Å². The second-order valence-electron chi connectivity index (χ2n) is 5.01. The predicted octanol–water partition coefficient (Wildman–Crippen LogP) is 3.68. The summed E-state index contributed by atoms with van der Waals surface area (Å²) in [6.45, 7) is 3.93. The number of fused-ring (bicyclic) bond motifs is 2. The van der Waals surface area contributed by atoms with Crippen LogP contribution in [0.3, 0.4) is 0 Å². The van der Waals surface area contributed by atoms with Gasteiger partial charge in [0.2, 0.25) is 0 Å². The summed E-state index contributed by atoms with van der Waals surface area (Å²) in [6, 6.07) is 8.67. The second kappa shape index (κ2) is 4.50. The number of ether oxygens (including phenoxy) is 1. The molecule has 0 fully saturated rings. The van der Waals surface area contributed by atoms with Crippen LogP contribution in [0.1, 0.15) is 24.0 Å². The molecule has 0 aromatic heterocycles. The Morgan fingerprint density at radius 2 is 1.94 bits per heavy atom. The number of benzene rings is 1. The zero-order chi connectivity index (χ0) is 11.7. The molecule has 3 rings (SSSR count). The second-order valence-corrected chi connectivity index (χ2v) is 5.01. The lowest BCUT2D eigenvalue weighted by Crippen LogP contribution is -2.26. The van der Waals surface area contributed by atoms with Gasteiger partial charge < -0.3 is 4.74 Å². The minimum Gasteiger partial charge on any atom is -0.376 e. The van der Waals surface area contributed by atoms with Gasteiger partial charge in [-0.15, -0.1) is 0 Å². The first-order valence-electron chi connectivity index (χ1n) is 6.37. The normalized spacial score (nSPS) is 31.2. The fourth-order valence-electron chi connectivity index (χ4n) is 3.00. The molecule has 17 heavy (non-hydrogen) atoms. The first kappa shape index (κ1) is 10.8. The molecule has 0 saturated carbocycles. The number of allylic oxidation sites excluding steroid dienone is 3. The van der Waals surface area contributed by atoms with Crippen LogP contribution in [0.2, 0.25) is 0 Å². The van der Waals surface area contributed by atoms with E-state index in [0.717, 1.165) is 13.2 Å². The van der Waals surface area contributed by atoms with Crippen molar-refractivity contribution >= 4 is 0 Å². The van der Waals surface area contributed by atoms with Crippen molar-refractivity contribution in [2.75, 3.05) is 6.61 Å². The molecule has 88 valence electrons. The van der Waals surface area contributed by atoms with Gasteiger partial charge in [-0.1, -0.05) is 55.5 Å². The molecule has 3 atom stereocenters. The Labute approximate surface area is 103 Å². The molecule has 1 heterocycles. The first-order chi connectivity index (χ1) is 8.36. The van der Waals surface area contributed by atoms with Crippen LogP contribution in [-0.2, 0) is 11.3 Å². The summed E-state index contributed by atoms with van der Waals surface area (Å²) in [5.41, 5.74) is 2.79. The average Bonchev–Trinajstić information content (AvgIpc) is 2.37. The van der Waals surface area contributed by atoms with E-state index < -0.39 is 0 Å². The summed E-state index contributed by atoms with van der Waals surface area (Å²) in [4.78, 5) is 0. The van der Waals surface area contributed by atoms with Crippen LogP contribution in [0, 0.1) is 11.8 Å². The fraction of sp³-hybridized carbons (Fsp3) is 0.375. The fourth-order valence-corrected chi connectivity index (χ4v) is 3.00. The van der Waals surface area contributed by atoms with Crippen LogP contribution in [0.4, 0.5) is 0 Å². The molecular weight excluding hydrogens is 208 g/mol. The smallest absolute Gasteiger partial charge is 0.0719 e. The monoisotopic (exact) mass is 226 g/mol. The molecule has 0 bridgehead atoms. The Kier molecular flexibility index (Phi) is 2.86. The maximum Gasteiger partial charge on any atom is 0.0719 e. The third-order valence-corrected chi connectivity index (χ3v) is 3.99. The van der Waals surface area contributed by atoms with Crippen molar-refractivity contribution in [1.82, 2.24) is 0 Å². The number of hydrogen-bond acceptors (Lipinski definition) is 1. The molecule has 3 unspecified atom stereocenters. The van der Waals surface area contributed by atoms with Gasteiger partial charge in [0.1, 0.15) is 0 Å². The summed E-state index contributed by atoms with van der Waals surface area (Å²) in [5.74, 6) is 1.67. The zero-order valence-corrected chi connectivity index (χ0v) is 10.2. The van der Waals surface area contributed by atoms with E-state index in [1.165, 1.54) is 11.1 Å². The minimum absolute atomic E-state index is 0.531. The molecule has 1 aliphatic carbocycles. The van der Waals surface area contributed by atoms with E-state index >= 15 is 0 Å². The lowest BCUT2D eigenvalue weighted by molar-refractivity contribution is 0.0775. The lowest BCUT2D eigenvalue weighted by atomic mass is 9.75. The van der Waals surface area contributed by atoms with Gasteiger partial charge in [-0.05, 0) is 23.0 Å². The van der Waals surface area contributed by atoms with Crippen molar-refractivity contribution in [1.29, 1.82) is 0 Å². The Hall–Kier alpha value is -1.34. The van der Waals surface area contributed by atoms with Gasteiger partial charge in [0.05, 0.1) is 13.2 Å². The molecule has 0 spiro atoms. The zero-order valence-electron chi connectivity index (χ0n) is 10.2. The highest BCUT2D eigenvalue weighted by Gasteiger charge is 2.28. The van der Waals surface area contributed by atoms with Gasteiger partial charge in [0.15, 0.2) is 0 Å². The minimum atomic E-state index is 0.531. The summed E-state index contributed by atoms with van der Waals surface area (Å²) >= 11 is 0. The van der Waals surface area contributed by atoms with Crippen molar-refractivity contribution in [3.8, 4) is 0 Å². The molecular formula is C16H18O. The maximum atomic E-state index is 5.83. The topological polar surface area (TPSA) is 9.23 Å². The first-order valence-corrected chi connectivity index (χ1v) is 6.37. The Morgan fingerprint density at radius 3 is 2.88 bits per heavy atom. The van der Waals surface area contributed by atoms with E-state index in [1.807, 2.05) is 0 Å². The largest absolute Gasteiger partial charge is 0.376 e. The van der Waals surface area contributed by atoms with Crippen molar-refractivity contribution < 1.29 is 4.74 Å². The highest BCUT2D eigenvalue weighted by atomic mass is 16.5. The van der Waals surface area contributed by atoms with E-state index in [1.54, 1.807) is 0 Å². The Morgan fingerprint density at radius 1 is 1.12 bits per heavy atom. The van der Waals surface area contributed by atoms with Crippen LogP contribution in [0.5, 0.6) is 0 Å². The number of rotatable bonds is 0. The van der Waals surface area contributed by atoms with Gasteiger partial charge in [0, 0.05) is 5.92 Å². The molecule has 0 saturated heterocycles. The molecule has 0 amide bonds. The van der Waals surface area contributed by atoms with Crippen molar-refractivity contribution in [3.63, 3.8) is 0 Å². The molecule has 2 aliphatic rings. The molecule has 1 heteroatoms.